The molecule has 0 unspecified atom stereocenters. The van der Waals surface area contributed by atoms with Crippen LogP contribution in [0.4, 0.5) is 11.5 Å². The molecule has 0 fully saturated rings. The van der Waals surface area contributed by atoms with Crippen molar-refractivity contribution in [2.24, 2.45) is 10.2 Å². The van der Waals surface area contributed by atoms with Crippen LogP contribution in [0, 0.1) is 6.92 Å². The van der Waals surface area contributed by atoms with E-state index in [1.54, 1.807) is 11.3 Å². The number of nitrogens with zero attached hydrogens (tertiary/aromatic N) is 4. The van der Waals surface area contributed by atoms with Crippen LogP contribution in [-0.2, 0) is 0 Å². The van der Waals surface area contributed by atoms with Crippen LogP contribution < -0.4 is 0 Å². The molecule has 0 saturated carbocycles. The summed E-state index contributed by atoms with van der Waals surface area (Å²) in [5, 5.41) is 11.6. The highest BCUT2D eigenvalue weighted by Gasteiger charge is 2.14. The first kappa shape index (κ1) is 15.1. The van der Waals surface area contributed by atoms with E-state index in [1.165, 1.54) is 0 Å². The maximum Gasteiger partial charge on any atom is 0.188 e. The predicted molar refractivity (Wildman–Crippen MR) is 98.9 cm³/mol. The minimum Gasteiger partial charge on any atom is -0.283 e. The highest BCUT2D eigenvalue weighted by Crippen LogP contribution is 2.35. The molecule has 6 heteroatoms. The highest BCUT2D eigenvalue weighted by atomic mass is 35.5. The third kappa shape index (κ3) is 2.62. The molecule has 1 aromatic carbocycles. The average molecular weight is 353 g/mol. The van der Waals surface area contributed by atoms with Crippen molar-refractivity contribution >= 4 is 40.1 Å². The third-order valence-corrected chi connectivity index (χ3v) is 5.04. The van der Waals surface area contributed by atoms with Gasteiger partial charge in [0.05, 0.1) is 10.6 Å². The number of pyridine rings is 1. The molecule has 0 aliphatic rings. The first-order valence-corrected chi connectivity index (χ1v) is 8.67. The molecule has 3 heterocycles. The van der Waals surface area contributed by atoms with Crippen molar-refractivity contribution in [2.45, 2.75) is 6.92 Å². The van der Waals surface area contributed by atoms with Gasteiger partial charge in [0.15, 0.2) is 5.82 Å². The summed E-state index contributed by atoms with van der Waals surface area (Å²) >= 11 is 7.80. The summed E-state index contributed by atoms with van der Waals surface area (Å²) < 4.78 is 1.94. The Labute approximate surface area is 148 Å². The zero-order chi connectivity index (χ0) is 16.5. The van der Waals surface area contributed by atoms with E-state index < -0.39 is 0 Å². The number of azo groups is 1. The molecule has 118 valence electrons. The molecule has 4 aromatic rings. The lowest BCUT2D eigenvalue weighted by molar-refractivity contribution is 1.10. The molecule has 0 N–H and O–H groups in total. The van der Waals surface area contributed by atoms with E-state index in [1.807, 2.05) is 71.4 Å². The van der Waals surface area contributed by atoms with Crippen molar-refractivity contribution in [3.05, 3.63) is 70.7 Å². The SMILES string of the molecule is Cc1c(Cl)cccc1N=Nc1c(-c2cccs2)nc2ccccn12. The van der Waals surface area contributed by atoms with Crippen LogP contribution in [-0.4, -0.2) is 9.38 Å². The number of hydrogen-bond acceptors (Lipinski definition) is 4. The van der Waals surface area contributed by atoms with Gasteiger partial charge in [-0.25, -0.2) is 4.98 Å². The molecule has 0 spiro atoms. The molecule has 0 aliphatic heterocycles. The lowest BCUT2D eigenvalue weighted by Crippen LogP contribution is -1.81. The van der Waals surface area contributed by atoms with Crippen molar-refractivity contribution in [3.8, 4) is 10.6 Å². The molecular formula is C18H13ClN4S. The second kappa shape index (κ2) is 6.19. The Balaban J connectivity index is 1.88. The smallest absolute Gasteiger partial charge is 0.188 e. The van der Waals surface area contributed by atoms with Gasteiger partial charge in [-0.3, -0.25) is 4.40 Å². The second-order valence-electron chi connectivity index (χ2n) is 5.27. The van der Waals surface area contributed by atoms with Crippen LogP contribution in [0.3, 0.4) is 0 Å². The van der Waals surface area contributed by atoms with Crippen LogP contribution in [0.2, 0.25) is 5.02 Å². The van der Waals surface area contributed by atoms with E-state index in [0.717, 1.165) is 27.5 Å². The van der Waals surface area contributed by atoms with E-state index in [2.05, 4.69) is 10.2 Å². The standard InChI is InChI=1S/C18H13ClN4S/c1-12-13(19)6-4-7-14(12)21-22-18-17(15-8-5-11-24-15)20-16-9-2-3-10-23(16)18/h2-11H,1H3. The first-order chi connectivity index (χ1) is 11.7. The highest BCUT2D eigenvalue weighted by molar-refractivity contribution is 7.13. The fraction of sp³-hybridized carbons (Fsp3) is 0.0556. The molecule has 0 radical (unpaired) electrons. The van der Waals surface area contributed by atoms with Gasteiger partial charge in [-0.1, -0.05) is 29.8 Å². The maximum atomic E-state index is 6.16. The largest absolute Gasteiger partial charge is 0.283 e. The summed E-state index contributed by atoms with van der Waals surface area (Å²) in [6, 6.07) is 15.5. The molecule has 0 amide bonds. The number of hydrogen-bond donors (Lipinski definition) is 0. The van der Waals surface area contributed by atoms with Crippen LogP contribution in [0.1, 0.15) is 5.56 Å². The molecule has 24 heavy (non-hydrogen) atoms. The Bertz CT molecular complexity index is 1030. The summed E-state index contributed by atoms with van der Waals surface area (Å²) in [7, 11) is 0. The lowest BCUT2D eigenvalue weighted by Gasteiger charge is -2.01. The van der Waals surface area contributed by atoms with Crippen LogP contribution in [0.15, 0.2) is 70.3 Å². The molecule has 3 aromatic heterocycles. The van der Waals surface area contributed by atoms with E-state index in [9.17, 15) is 0 Å². The van der Waals surface area contributed by atoms with Gasteiger partial charge in [0.2, 0.25) is 0 Å². The van der Waals surface area contributed by atoms with E-state index in [4.69, 9.17) is 16.6 Å². The number of halogens is 1. The minimum atomic E-state index is 0.683. The number of benzene rings is 1. The zero-order valence-corrected chi connectivity index (χ0v) is 14.4. The number of thiophene rings is 1. The first-order valence-electron chi connectivity index (χ1n) is 7.42. The van der Waals surface area contributed by atoms with Gasteiger partial charge in [-0.2, -0.15) is 0 Å². The molecule has 0 aliphatic carbocycles. The average Bonchev–Trinajstić information content (AvgIpc) is 3.23. The van der Waals surface area contributed by atoms with Crippen molar-refractivity contribution in [3.63, 3.8) is 0 Å². The molecule has 0 atom stereocenters. The minimum absolute atomic E-state index is 0.683. The van der Waals surface area contributed by atoms with Crippen molar-refractivity contribution in [2.75, 3.05) is 0 Å². The van der Waals surface area contributed by atoms with Crippen LogP contribution in [0.5, 0.6) is 0 Å². The van der Waals surface area contributed by atoms with Gasteiger partial charge in [0.1, 0.15) is 11.3 Å². The third-order valence-electron chi connectivity index (χ3n) is 3.75. The number of rotatable bonds is 3. The van der Waals surface area contributed by atoms with E-state index in [0.29, 0.717) is 10.8 Å². The Kier molecular flexibility index (Phi) is 3.88. The van der Waals surface area contributed by atoms with Gasteiger partial charge < -0.3 is 0 Å². The summed E-state index contributed by atoms with van der Waals surface area (Å²) in [5.74, 6) is 0.715. The van der Waals surface area contributed by atoms with Gasteiger partial charge in [0, 0.05) is 11.2 Å². The Morgan fingerprint density at radius 2 is 1.96 bits per heavy atom. The predicted octanol–water partition coefficient (Wildman–Crippen LogP) is 6.44. The molecule has 4 rings (SSSR count). The molecule has 0 saturated heterocycles. The normalized spacial score (nSPS) is 11.6. The van der Waals surface area contributed by atoms with Crippen LogP contribution in [0.25, 0.3) is 16.2 Å². The summed E-state index contributed by atoms with van der Waals surface area (Å²) in [6.45, 7) is 1.94. The monoisotopic (exact) mass is 352 g/mol. The molecule has 0 bridgehead atoms. The zero-order valence-electron chi connectivity index (χ0n) is 12.8. The second-order valence-corrected chi connectivity index (χ2v) is 6.63. The summed E-state index contributed by atoms with van der Waals surface area (Å²) in [6.07, 6.45) is 1.94. The van der Waals surface area contributed by atoms with Crippen molar-refractivity contribution in [1.82, 2.24) is 9.38 Å². The van der Waals surface area contributed by atoms with Gasteiger partial charge in [-0.15, -0.1) is 21.6 Å². The molecular weight excluding hydrogens is 340 g/mol. The van der Waals surface area contributed by atoms with Crippen molar-refractivity contribution < 1.29 is 0 Å². The van der Waals surface area contributed by atoms with E-state index in [-0.39, 0.29) is 0 Å². The fourth-order valence-electron chi connectivity index (χ4n) is 2.46. The number of fused-ring (bicyclic) bond motifs is 1. The maximum absolute atomic E-state index is 6.16. The Morgan fingerprint density at radius 1 is 1.04 bits per heavy atom. The van der Waals surface area contributed by atoms with Gasteiger partial charge >= 0.3 is 0 Å². The van der Waals surface area contributed by atoms with Gasteiger partial charge in [0.25, 0.3) is 0 Å². The van der Waals surface area contributed by atoms with E-state index >= 15 is 0 Å². The van der Waals surface area contributed by atoms with Crippen LogP contribution >= 0.6 is 22.9 Å². The fourth-order valence-corrected chi connectivity index (χ4v) is 3.34. The lowest BCUT2D eigenvalue weighted by atomic mass is 10.2. The summed E-state index contributed by atoms with van der Waals surface area (Å²) in [5.41, 5.74) is 3.34. The topological polar surface area (TPSA) is 42.0 Å². The quantitative estimate of drug-likeness (QED) is 0.391. The number of aromatic nitrogens is 2. The van der Waals surface area contributed by atoms with Crippen molar-refractivity contribution in [1.29, 1.82) is 0 Å². The van der Waals surface area contributed by atoms with Gasteiger partial charge in [-0.05, 0) is 48.2 Å². The number of imidazole rings is 1. The molecule has 4 nitrogen and oxygen atoms in total. The Hall–Kier alpha value is -2.50. The Morgan fingerprint density at radius 3 is 2.79 bits per heavy atom. The summed E-state index contributed by atoms with van der Waals surface area (Å²) in [4.78, 5) is 5.77.